The number of fused-ring (bicyclic) bond motifs is 7. The van der Waals surface area contributed by atoms with Crippen LogP contribution in [-0.4, -0.2) is 75.8 Å². The van der Waals surface area contributed by atoms with Crippen molar-refractivity contribution >= 4 is 6.71 Å². The van der Waals surface area contributed by atoms with E-state index in [1.807, 2.05) is 0 Å². The van der Waals surface area contributed by atoms with Gasteiger partial charge in [-0.1, -0.05) is 263 Å². The van der Waals surface area contributed by atoms with Crippen LogP contribution in [0.5, 0.6) is 0 Å². The summed E-state index contributed by atoms with van der Waals surface area (Å²) in [5.41, 5.74) is 1.72. The molecule has 0 aromatic carbocycles. The first-order chi connectivity index (χ1) is 57.1. The van der Waals surface area contributed by atoms with Crippen LogP contribution in [0, 0.1) is 199 Å². The van der Waals surface area contributed by atoms with Gasteiger partial charge in [-0.2, -0.15) is 0 Å². The van der Waals surface area contributed by atoms with E-state index in [0.29, 0.717) is 21.7 Å². The van der Waals surface area contributed by atoms with Gasteiger partial charge in [0.2, 0.25) is 0 Å². The number of hydrogen-bond acceptors (Lipinski definition) is 3. The van der Waals surface area contributed by atoms with Crippen molar-refractivity contribution < 1.29 is 0 Å². The number of hydrogen-bond donors (Lipinski definition) is 0. The summed E-state index contributed by atoms with van der Waals surface area (Å²) in [6, 6.07) is 7.60. The molecule has 118 heavy (non-hydrogen) atoms. The summed E-state index contributed by atoms with van der Waals surface area (Å²) in [7, 11) is 0. The molecule has 3 nitrogen and oxygen atoms in total. The second-order valence-electron chi connectivity index (χ2n) is 55.8. The van der Waals surface area contributed by atoms with E-state index < -0.39 is 0 Å². The third kappa shape index (κ3) is 14.8. The Labute approximate surface area is 730 Å². The molecule has 19 saturated carbocycles. The summed E-state index contributed by atoms with van der Waals surface area (Å²) in [6.45, 7) is 33.8. The second kappa shape index (κ2) is 33.1. The van der Waals surface area contributed by atoms with E-state index in [1.54, 1.807) is 321 Å². The molecule has 3 saturated heterocycles. The van der Waals surface area contributed by atoms with E-state index in [1.165, 1.54) is 38.5 Å². The molecule has 0 bridgehead atoms. The zero-order valence-corrected chi connectivity index (χ0v) is 79.8. The van der Waals surface area contributed by atoms with Crippen molar-refractivity contribution in [1.82, 2.24) is 14.7 Å². The van der Waals surface area contributed by atoms with Crippen molar-refractivity contribution in [3.63, 3.8) is 0 Å². The molecule has 34 unspecified atom stereocenters. The Bertz CT molecular complexity index is 3090. The summed E-state index contributed by atoms with van der Waals surface area (Å²) in [4.78, 5) is 11.8. The van der Waals surface area contributed by atoms with Gasteiger partial charge in [-0.05, 0) is 396 Å². The fraction of sp³-hybridized carbons (Fsp3) is 1.00. The average Bonchev–Trinajstić information content (AvgIpc) is 0.802. The van der Waals surface area contributed by atoms with Crippen LogP contribution in [0.2, 0.25) is 17.5 Å². The largest absolute Gasteiger partial charge is 0.295 e. The van der Waals surface area contributed by atoms with E-state index in [9.17, 15) is 0 Å². The molecule has 0 spiro atoms. The van der Waals surface area contributed by atoms with Crippen molar-refractivity contribution in [2.24, 2.45) is 199 Å². The average molecular weight is 1610 g/mol. The van der Waals surface area contributed by atoms with Crippen LogP contribution >= 0.6 is 0 Å². The molecule has 22 fully saturated rings. The van der Waals surface area contributed by atoms with E-state index in [2.05, 4.69) is 97.8 Å². The van der Waals surface area contributed by atoms with E-state index in [4.69, 9.17) is 0 Å². The molecule has 3 aliphatic heterocycles. The molecule has 3 heterocycles. The molecule has 19 aliphatic carbocycles. The first-order valence-corrected chi connectivity index (χ1v) is 56.4. The van der Waals surface area contributed by atoms with Crippen LogP contribution in [0.3, 0.4) is 0 Å². The molecule has 0 aromatic heterocycles. The van der Waals surface area contributed by atoms with Gasteiger partial charge >= 0.3 is 0 Å². The predicted octanol–water partition coefficient (Wildman–Crippen LogP) is 30.6. The third-order valence-electron chi connectivity index (χ3n) is 47.6. The summed E-state index contributed by atoms with van der Waals surface area (Å²) in [5.74, 6) is 32.4. The molecule has 22 aliphatic rings. The molecule has 0 radical (unpaired) electrons. The Morgan fingerprint density at radius 2 is 0.483 bits per heavy atom. The van der Waals surface area contributed by atoms with Crippen molar-refractivity contribution in [2.75, 3.05) is 0 Å². The fourth-order valence-corrected chi connectivity index (χ4v) is 43.1. The van der Waals surface area contributed by atoms with Crippen molar-refractivity contribution in [3.8, 4) is 0 Å². The maximum Gasteiger partial charge on any atom is 0.156 e. The standard InChI is InChI=1S/C114H190BN3/c1-111(2,3)81-55-75-47-49-77-57-83(113(7,8)9)65-94-92(61-79(59-81)104(75)106(77)94)73-51-53-100-96(63-73)115-97-64-74(93-62-80-60-82(112(4,5)6)56-76-48-50-78-58-84(114(10,11)12)66-95(93)107(78)105(76)80)52-54-101(97)118(110-88(71-35-21-15-22-36-71)43-30-44-89(110)72-37-23-16-24-38-72)103-68-85(116-98-45-27-25-39-90(98)91-40-26-28-46-99(91)116)67-102(108(103)115)117(100)109-86(69-31-17-13-18-32-69)41-29-42-87(109)70-33-19-14-20-34-70/h69-110H,13-68H2,1-12H3. The van der Waals surface area contributed by atoms with Crippen LogP contribution in [-0.2, 0) is 0 Å². The van der Waals surface area contributed by atoms with Gasteiger partial charge < -0.3 is 0 Å². The van der Waals surface area contributed by atoms with Crippen LogP contribution in [0.15, 0.2) is 0 Å². The Morgan fingerprint density at radius 1 is 0.186 bits per heavy atom. The molecule has 0 N–H and O–H groups in total. The minimum Gasteiger partial charge on any atom is -0.295 e. The summed E-state index contributed by atoms with van der Waals surface area (Å²) in [6.07, 6.45) is 88.9. The first-order valence-electron chi connectivity index (χ1n) is 56.4. The monoisotopic (exact) mass is 1610 g/mol. The SMILES string of the molecule is CC(C)(C)C1CC2CCC3CC(C(C)(C)C)CC4C(C5CCC6C(C5)B5C7CC(C8CC9CC(C(C)(C)C)CC%10CCC%11CC(C(C)(C)C)CC8C%11C%109)CCC7N(C7C(C8CCCCC8)CCCC7C7CCCCC7)C7CC(N8C9CCCCC9C9CCCCC98)CC(C57)N6C5C(C6CCCCC6)CCCC5C5CCCCC5)CC(C1)C2C34. The lowest BCUT2D eigenvalue weighted by molar-refractivity contribution is -0.159. The molecule has 0 amide bonds. The molecule has 4 heteroatoms. The summed E-state index contributed by atoms with van der Waals surface area (Å²) < 4.78 is 0. The quantitative estimate of drug-likeness (QED) is 0.213. The van der Waals surface area contributed by atoms with E-state index >= 15 is 0 Å². The van der Waals surface area contributed by atoms with Gasteiger partial charge in [0.05, 0.1) is 0 Å². The highest BCUT2D eigenvalue weighted by molar-refractivity contribution is 6.65. The highest BCUT2D eigenvalue weighted by Crippen LogP contribution is 2.74. The normalized spacial score (nSPS) is 51.6. The van der Waals surface area contributed by atoms with Crippen LogP contribution in [0.1, 0.15) is 443 Å². The van der Waals surface area contributed by atoms with E-state index in [-0.39, 0.29) is 0 Å². The number of rotatable bonds is 9. The van der Waals surface area contributed by atoms with Gasteiger partial charge in [0.25, 0.3) is 0 Å². The first kappa shape index (κ1) is 83.6. The molecule has 22 rings (SSSR count). The Hall–Kier alpha value is -0.0551. The number of nitrogens with zero attached hydrogens (tertiary/aromatic N) is 3. The second-order valence-corrected chi connectivity index (χ2v) is 55.8. The highest BCUT2D eigenvalue weighted by atomic mass is 15.3. The van der Waals surface area contributed by atoms with Crippen LogP contribution in [0.4, 0.5) is 0 Å². The summed E-state index contributed by atoms with van der Waals surface area (Å²) in [5, 5.41) is 0. The zero-order valence-electron chi connectivity index (χ0n) is 79.8. The molecule has 34 atom stereocenters. The molecular weight excluding hydrogens is 1420 g/mol. The fourth-order valence-electron chi connectivity index (χ4n) is 43.1. The van der Waals surface area contributed by atoms with Crippen molar-refractivity contribution in [3.05, 3.63) is 0 Å². The Balaban J connectivity index is 0.745. The van der Waals surface area contributed by atoms with Crippen LogP contribution in [0.25, 0.3) is 0 Å². The zero-order chi connectivity index (χ0) is 80.2. The van der Waals surface area contributed by atoms with Gasteiger partial charge in [0.1, 0.15) is 0 Å². The minimum absolute atomic E-state index is 0.423. The van der Waals surface area contributed by atoms with Gasteiger partial charge in [-0.3, -0.25) is 14.7 Å². The third-order valence-corrected chi connectivity index (χ3v) is 47.6. The van der Waals surface area contributed by atoms with Crippen molar-refractivity contribution in [1.29, 1.82) is 0 Å². The highest BCUT2D eigenvalue weighted by Gasteiger charge is 2.72. The molecule has 664 valence electrons. The van der Waals surface area contributed by atoms with Crippen LogP contribution < -0.4 is 0 Å². The predicted molar refractivity (Wildman–Crippen MR) is 498 cm³/mol. The molecular formula is C114H190BN3. The van der Waals surface area contributed by atoms with Gasteiger partial charge in [-0.15, -0.1) is 0 Å². The lowest BCUT2D eigenvalue weighted by Gasteiger charge is -2.73. The lowest BCUT2D eigenvalue weighted by Crippen LogP contribution is -2.78. The lowest BCUT2D eigenvalue weighted by atomic mass is 9.17. The van der Waals surface area contributed by atoms with Gasteiger partial charge in [-0.25, -0.2) is 0 Å². The Kier molecular flexibility index (Phi) is 23.4. The van der Waals surface area contributed by atoms with Gasteiger partial charge in [0, 0.05) is 54.4 Å². The van der Waals surface area contributed by atoms with Gasteiger partial charge in [0.15, 0.2) is 6.71 Å². The Morgan fingerprint density at radius 3 is 0.831 bits per heavy atom. The number of likely N-dealkylation sites (tertiary alicyclic amines) is 1. The van der Waals surface area contributed by atoms with E-state index in [0.717, 1.165) is 256 Å². The maximum atomic E-state index is 4.07. The maximum absolute atomic E-state index is 4.07. The summed E-state index contributed by atoms with van der Waals surface area (Å²) >= 11 is 0. The topological polar surface area (TPSA) is 9.72 Å². The smallest absolute Gasteiger partial charge is 0.156 e. The van der Waals surface area contributed by atoms with Crippen molar-refractivity contribution in [2.45, 2.75) is 514 Å². The molecule has 0 aromatic rings. The minimum atomic E-state index is 0.423.